The molecule has 0 fully saturated rings. The summed E-state index contributed by atoms with van der Waals surface area (Å²) in [5.74, 6) is 1.34. The van der Waals surface area contributed by atoms with Gasteiger partial charge in [0.15, 0.2) is 10.8 Å². The Kier molecular flexibility index (Phi) is 3.61. The van der Waals surface area contributed by atoms with Gasteiger partial charge in [-0.05, 0) is 12.1 Å². The van der Waals surface area contributed by atoms with E-state index >= 15 is 0 Å². The summed E-state index contributed by atoms with van der Waals surface area (Å²) in [6, 6.07) is 3.75. The van der Waals surface area contributed by atoms with E-state index in [0.29, 0.717) is 12.4 Å². The molecule has 0 saturated heterocycles. The summed E-state index contributed by atoms with van der Waals surface area (Å²) in [7, 11) is 0. The van der Waals surface area contributed by atoms with E-state index in [1.807, 2.05) is 23.7 Å². The number of rotatable bonds is 5. The Morgan fingerprint density at radius 2 is 2.32 bits per heavy atom. The van der Waals surface area contributed by atoms with Crippen molar-refractivity contribution in [2.75, 3.05) is 5.88 Å². The molecule has 0 saturated carbocycles. The first kappa shape index (κ1) is 12.4. The topological polar surface area (TPSA) is 56.7 Å². The average Bonchev–Trinajstić information content (AvgIpc) is 3.10. The molecule has 19 heavy (non-hydrogen) atoms. The minimum absolute atomic E-state index is 0.554. The average molecular weight is 295 g/mol. The summed E-state index contributed by atoms with van der Waals surface area (Å²) in [6.45, 7) is 0.604. The Bertz CT molecular complexity index is 646. The minimum atomic E-state index is 0.554. The molecule has 0 aliphatic rings. The molecule has 0 aromatic carbocycles. The highest BCUT2D eigenvalue weighted by Crippen LogP contribution is 2.24. The molecule has 98 valence electrons. The van der Waals surface area contributed by atoms with Crippen molar-refractivity contribution in [2.45, 2.75) is 13.0 Å². The second-order valence-electron chi connectivity index (χ2n) is 3.97. The number of halogens is 1. The maximum atomic E-state index is 5.67. The standard InChI is InChI=1S/C12H11ClN4OS/c13-4-3-9-6-17(16-15-9)7-10-8-19-12(14-10)11-2-1-5-18-11/h1-2,5-6,8H,3-4,7H2. The number of aromatic nitrogens is 4. The van der Waals surface area contributed by atoms with Crippen LogP contribution in [0.3, 0.4) is 0 Å². The number of nitrogens with zero attached hydrogens (tertiary/aromatic N) is 4. The maximum absolute atomic E-state index is 5.67. The van der Waals surface area contributed by atoms with Crippen LogP contribution in [0.1, 0.15) is 11.4 Å². The van der Waals surface area contributed by atoms with Gasteiger partial charge in [0.05, 0.1) is 24.2 Å². The number of hydrogen-bond donors (Lipinski definition) is 0. The van der Waals surface area contributed by atoms with Crippen LogP contribution in [0.4, 0.5) is 0 Å². The second-order valence-corrected chi connectivity index (χ2v) is 5.20. The normalized spacial score (nSPS) is 11.0. The summed E-state index contributed by atoms with van der Waals surface area (Å²) in [4.78, 5) is 4.51. The molecule has 0 aliphatic carbocycles. The third-order valence-corrected chi connectivity index (χ3v) is 3.64. The van der Waals surface area contributed by atoms with Crippen LogP contribution in [-0.4, -0.2) is 25.9 Å². The zero-order chi connectivity index (χ0) is 13.1. The number of alkyl halides is 1. The highest BCUT2D eigenvalue weighted by molar-refractivity contribution is 7.13. The lowest BCUT2D eigenvalue weighted by atomic mass is 10.4. The molecular weight excluding hydrogens is 284 g/mol. The van der Waals surface area contributed by atoms with Crippen molar-refractivity contribution in [1.82, 2.24) is 20.0 Å². The summed E-state index contributed by atoms with van der Waals surface area (Å²) in [5.41, 5.74) is 1.84. The van der Waals surface area contributed by atoms with Crippen LogP contribution in [0.25, 0.3) is 10.8 Å². The molecule has 7 heteroatoms. The first-order valence-electron chi connectivity index (χ1n) is 5.78. The lowest BCUT2D eigenvalue weighted by Crippen LogP contribution is -2.00. The molecule has 0 aliphatic heterocycles. The molecule has 0 spiro atoms. The van der Waals surface area contributed by atoms with E-state index in [0.717, 1.165) is 28.6 Å². The van der Waals surface area contributed by atoms with Crippen molar-refractivity contribution in [2.24, 2.45) is 0 Å². The lowest BCUT2D eigenvalue weighted by Gasteiger charge is -1.94. The van der Waals surface area contributed by atoms with Gasteiger partial charge >= 0.3 is 0 Å². The molecular formula is C12H11ClN4OS. The molecule has 0 N–H and O–H groups in total. The fourth-order valence-corrected chi connectivity index (χ4v) is 2.66. The van der Waals surface area contributed by atoms with Crippen LogP contribution in [0, 0.1) is 0 Å². The van der Waals surface area contributed by atoms with Gasteiger partial charge in [-0.25, -0.2) is 9.67 Å². The SMILES string of the molecule is ClCCc1cn(Cc2csc(-c3ccco3)n2)nn1. The van der Waals surface area contributed by atoms with Crippen LogP contribution in [-0.2, 0) is 13.0 Å². The summed E-state index contributed by atoms with van der Waals surface area (Å²) < 4.78 is 7.08. The largest absolute Gasteiger partial charge is 0.462 e. The van der Waals surface area contributed by atoms with E-state index in [9.17, 15) is 0 Å². The van der Waals surface area contributed by atoms with E-state index < -0.39 is 0 Å². The van der Waals surface area contributed by atoms with Crippen molar-refractivity contribution in [3.05, 3.63) is 41.4 Å². The Labute approximate surface area is 118 Å². The van der Waals surface area contributed by atoms with Gasteiger partial charge in [-0.3, -0.25) is 0 Å². The van der Waals surface area contributed by atoms with Gasteiger partial charge in [-0.2, -0.15) is 0 Å². The van der Waals surface area contributed by atoms with Gasteiger partial charge < -0.3 is 4.42 Å². The molecule has 0 bridgehead atoms. The summed E-state index contributed by atoms with van der Waals surface area (Å²) >= 11 is 7.22. The van der Waals surface area contributed by atoms with Crippen molar-refractivity contribution in [3.8, 4) is 10.8 Å². The number of hydrogen-bond acceptors (Lipinski definition) is 5. The van der Waals surface area contributed by atoms with Gasteiger partial charge in [0.1, 0.15) is 0 Å². The first-order chi connectivity index (χ1) is 9.35. The number of aryl methyl sites for hydroxylation is 1. The zero-order valence-corrected chi connectivity index (χ0v) is 11.6. The minimum Gasteiger partial charge on any atom is -0.462 e. The van der Waals surface area contributed by atoms with Gasteiger partial charge in [0.2, 0.25) is 0 Å². The Morgan fingerprint density at radius 1 is 1.37 bits per heavy atom. The number of thiazole rings is 1. The van der Waals surface area contributed by atoms with Crippen molar-refractivity contribution >= 4 is 22.9 Å². The Balaban J connectivity index is 1.72. The summed E-state index contributed by atoms with van der Waals surface area (Å²) in [5, 5.41) is 11.0. The predicted molar refractivity (Wildman–Crippen MR) is 73.4 cm³/mol. The van der Waals surface area contributed by atoms with Crippen molar-refractivity contribution in [3.63, 3.8) is 0 Å². The molecule has 3 aromatic heterocycles. The smallest absolute Gasteiger partial charge is 0.162 e. The van der Waals surface area contributed by atoms with Gasteiger partial charge in [-0.1, -0.05) is 5.21 Å². The summed E-state index contributed by atoms with van der Waals surface area (Å²) in [6.07, 6.45) is 4.27. The highest BCUT2D eigenvalue weighted by atomic mass is 35.5. The molecule has 5 nitrogen and oxygen atoms in total. The third kappa shape index (κ3) is 2.85. The molecule has 0 radical (unpaired) electrons. The molecule has 3 heterocycles. The van der Waals surface area contributed by atoms with E-state index in [1.165, 1.54) is 0 Å². The molecule has 3 rings (SSSR count). The van der Waals surface area contributed by atoms with E-state index in [-0.39, 0.29) is 0 Å². The maximum Gasteiger partial charge on any atom is 0.162 e. The lowest BCUT2D eigenvalue weighted by molar-refractivity contribution is 0.581. The third-order valence-electron chi connectivity index (χ3n) is 2.54. The van der Waals surface area contributed by atoms with Crippen LogP contribution >= 0.6 is 22.9 Å². The van der Waals surface area contributed by atoms with Gasteiger partial charge in [-0.15, -0.1) is 28.0 Å². The number of furan rings is 1. The van der Waals surface area contributed by atoms with E-state index in [2.05, 4.69) is 15.3 Å². The monoisotopic (exact) mass is 294 g/mol. The highest BCUT2D eigenvalue weighted by Gasteiger charge is 2.08. The fourth-order valence-electron chi connectivity index (χ4n) is 1.69. The second kappa shape index (κ2) is 5.54. The first-order valence-corrected chi connectivity index (χ1v) is 7.20. The van der Waals surface area contributed by atoms with Crippen LogP contribution in [0.15, 0.2) is 34.4 Å². The van der Waals surface area contributed by atoms with Gasteiger partial charge in [0.25, 0.3) is 0 Å². The van der Waals surface area contributed by atoms with Crippen LogP contribution in [0.2, 0.25) is 0 Å². The Morgan fingerprint density at radius 3 is 3.11 bits per heavy atom. The Hall–Kier alpha value is -1.66. The quantitative estimate of drug-likeness (QED) is 0.679. The fraction of sp³-hybridized carbons (Fsp3) is 0.250. The molecule has 0 amide bonds. The van der Waals surface area contributed by atoms with Gasteiger partial charge in [0, 0.05) is 23.9 Å². The van der Waals surface area contributed by atoms with Crippen LogP contribution < -0.4 is 0 Å². The molecule has 0 unspecified atom stereocenters. The van der Waals surface area contributed by atoms with Crippen molar-refractivity contribution < 1.29 is 4.42 Å². The van der Waals surface area contributed by atoms with E-state index in [4.69, 9.17) is 16.0 Å². The molecule has 0 atom stereocenters. The molecule has 3 aromatic rings. The van der Waals surface area contributed by atoms with Crippen molar-refractivity contribution in [1.29, 1.82) is 0 Å². The zero-order valence-electron chi connectivity index (χ0n) is 9.99. The van der Waals surface area contributed by atoms with Crippen LogP contribution in [0.5, 0.6) is 0 Å². The van der Waals surface area contributed by atoms with E-state index in [1.54, 1.807) is 22.3 Å². The predicted octanol–water partition coefficient (Wildman–Crippen LogP) is 2.82.